The molecule has 13 heteroatoms. The van der Waals surface area contributed by atoms with E-state index >= 15 is 0 Å². The topological polar surface area (TPSA) is 125 Å². The maximum Gasteiger partial charge on any atom is 0.162 e. The highest BCUT2D eigenvalue weighted by atomic mass is 32.2. The number of fused-ring (bicyclic) bond motifs is 2. The van der Waals surface area contributed by atoms with Crippen LogP contribution in [-0.2, 0) is 0 Å². The summed E-state index contributed by atoms with van der Waals surface area (Å²) in [5, 5.41) is 19.9. The second kappa shape index (κ2) is 11.7. The van der Waals surface area contributed by atoms with E-state index in [0.717, 1.165) is 92.3 Å². The second-order valence-corrected chi connectivity index (χ2v) is 13.5. The largest absolute Gasteiger partial charge is 0.365 e. The molecule has 0 aliphatic carbocycles. The SMILES string of the molecule is c1cc(-c2nc(N[C@@H]3CCNC3)c3sccc3n2)cc(Sc2cc(-c3nc(N[C@@H]4CCNC4)c4sccc4n3)ccn2)n1. The highest BCUT2D eigenvalue weighted by Gasteiger charge is 2.20. The molecule has 2 saturated heterocycles. The quantitative estimate of drug-likeness (QED) is 0.171. The molecule has 0 bridgehead atoms. The van der Waals surface area contributed by atoms with Crippen LogP contribution in [-0.4, -0.2) is 68.2 Å². The van der Waals surface area contributed by atoms with Gasteiger partial charge in [0.05, 0.1) is 20.4 Å². The van der Waals surface area contributed by atoms with Gasteiger partial charge in [-0.05, 0) is 73.1 Å². The van der Waals surface area contributed by atoms with Crippen LogP contribution in [0.15, 0.2) is 69.6 Å². The molecule has 43 heavy (non-hydrogen) atoms. The minimum atomic E-state index is 0.367. The number of aromatic nitrogens is 6. The standard InChI is InChI=1S/C30H28N10S3/c1-9-33-23(13-17(1)27-37-21-5-11-41-25(21)29(39-27)35-19-3-7-31-15-19)43-24-14-18(2-10-34-24)28-38-22-6-12-42-26(22)30(40-28)36-20-4-8-32-16-20/h1-2,5-6,9-14,19-20,31-32H,3-4,7-8,15-16H2,(H,35,37,39)(H,36,38,40)/t19-,20-/m1/s1. The highest BCUT2D eigenvalue weighted by molar-refractivity contribution is 7.99. The molecule has 0 spiro atoms. The molecule has 8 heterocycles. The van der Waals surface area contributed by atoms with Crippen LogP contribution >= 0.6 is 34.4 Å². The molecular formula is C30H28N10S3. The lowest BCUT2D eigenvalue weighted by molar-refractivity contribution is 0.789. The van der Waals surface area contributed by atoms with E-state index in [2.05, 4.69) is 54.1 Å². The van der Waals surface area contributed by atoms with Crippen LogP contribution in [0.25, 0.3) is 43.2 Å². The lowest BCUT2D eigenvalue weighted by atomic mass is 10.2. The lowest BCUT2D eigenvalue weighted by Crippen LogP contribution is -2.22. The van der Waals surface area contributed by atoms with E-state index in [9.17, 15) is 0 Å². The molecule has 2 aliphatic heterocycles. The van der Waals surface area contributed by atoms with Gasteiger partial charge in [-0.2, -0.15) is 0 Å². The first-order valence-electron chi connectivity index (χ1n) is 14.3. The van der Waals surface area contributed by atoms with E-state index in [0.29, 0.717) is 23.7 Å². The van der Waals surface area contributed by atoms with Crippen molar-refractivity contribution in [1.82, 2.24) is 40.5 Å². The molecule has 2 aliphatic rings. The van der Waals surface area contributed by atoms with Gasteiger partial charge in [-0.25, -0.2) is 29.9 Å². The first-order valence-corrected chi connectivity index (χ1v) is 16.9. The van der Waals surface area contributed by atoms with Crippen molar-refractivity contribution in [3.63, 3.8) is 0 Å². The second-order valence-electron chi connectivity index (χ2n) is 10.6. The number of nitrogens with zero attached hydrogens (tertiary/aromatic N) is 6. The zero-order chi connectivity index (χ0) is 28.6. The van der Waals surface area contributed by atoms with Crippen molar-refractivity contribution in [2.45, 2.75) is 35.0 Å². The maximum absolute atomic E-state index is 4.96. The van der Waals surface area contributed by atoms with Crippen molar-refractivity contribution in [3.05, 3.63) is 59.6 Å². The van der Waals surface area contributed by atoms with E-state index in [4.69, 9.17) is 19.9 Å². The first kappa shape index (κ1) is 26.8. The summed E-state index contributed by atoms with van der Waals surface area (Å²) >= 11 is 4.83. The Kier molecular flexibility index (Phi) is 7.33. The third-order valence-electron chi connectivity index (χ3n) is 7.60. The third kappa shape index (κ3) is 5.66. The Morgan fingerprint density at radius 3 is 1.65 bits per heavy atom. The van der Waals surface area contributed by atoms with E-state index < -0.39 is 0 Å². The molecule has 0 aromatic carbocycles. The fraction of sp³-hybridized carbons (Fsp3) is 0.267. The lowest BCUT2D eigenvalue weighted by Gasteiger charge is -2.14. The molecule has 0 saturated carbocycles. The van der Waals surface area contributed by atoms with Gasteiger partial charge < -0.3 is 21.3 Å². The van der Waals surface area contributed by atoms with Crippen LogP contribution in [0.3, 0.4) is 0 Å². The molecule has 216 valence electrons. The minimum absolute atomic E-state index is 0.367. The number of rotatable bonds is 8. The van der Waals surface area contributed by atoms with Crippen LogP contribution < -0.4 is 21.3 Å². The number of pyridine rings is 2. The van der Waals surface area contributed by atoms with Gasteiger partial charge >= 0.3 is 0 Å². The third-order valence-corrected chi connectivity index (χ3v) is 10.3. The van der Waals surface area contributed by atoms with Gasteiger partial charge in [0.1, 0.15) is 21.7 Å². The average Bonchev–Trinajstić information content (AvgIpc) is 3.86. The smallest absolute Gasteiger partial charge is 0.162 e. The van der Waals surface area contributed by atoms with Crippen molar-refractivity contribution in [2.24, 2.45) is 0 Å². The summed E-state index contributed by atoms with van der Waals surface area (Å²) < 4.78 is 2.17. The average molecular weight is 625 g/mol. The number of hydrogen-bond donors (Lipinski definition) is 4. The summed E-state index contributed by atoms with van der Waals surface area (Å²) in [6, 6.07) is 12.8. The van der Waals surface area contributed by atoms with Gasteiger partial charge in [0.15, 0.2) is 11.6 Å². The van der Waals surface area contributed by atoms with Crippen molar-refractivity contribution in [2.75, 3.05) is 36.8 Å². The predicted molar refractivity (Wildman–Crippen MR) is 175 cm³/mol. The van der Waals surface area contributed by atoms with Gasteiger partial charge in [0.25, 0.3) is 0 Å². The molecule has 10 nitrogen and oxygen atoms in total. The van der Waals surface area contributed by atoms with Crippen molar-refractivity contribution >= 4 is 66.5 Å². The van der Waals surface area contributed by atoms with E-state index in [1.165, 1.54) is 11.8 Å². The summed E-state index contributed by atoms with van der Waals surface area (Å²) in [4.78, 5) is 28.9. The Bertz CT molecular complexity index is 1770. The zero-order valence-electron chi connectivity index (χ0n) is 23.1. The van der Waals surface area contributed by atoms with Crippen LogP contribution in [0.1, 0.15) is 12.8 Å². The first-order chi connectivity index (χ1) is 21.2. The van der Waals surface area contributed by atoms with E-state index in [1.807, 2.05) is 24.3 Å². The van der Waals surface area contributed by atoms with Gasteiger partial charge in [0, 0.05) is 48.7 Å². The highest BCUT2D eigenvalue weighted by Crippen LogP contribution is 2.34. The normalized spacial score (nSPS) is 18.5. The number of nitrogens with one attached hydrogen (secondary N) is 4. The molecule has 0 unspecified atom stereocenters. The Labute approximate surface area is 260 Å². The minimum Gasteiger partial charge on any atom is -0.365 e. The van der Waals surface area contributed by atoms with Crippen LogP contribution in [0, 0.1) is 0 Å². The Hall–Kier alpha value is -3.75. The number of thiophene rings is 2. The molecule has 8 rings (SSSR count). The monoisotopic (exact) mass is 624 g/mol. The Morgan fingerprint density at radius 2 is 1.19 bits per heavy atom. The van der Waals surface area contributed by atoms with Crippen molar-refractivity contribution < 1.29 is 0 Å². The van der Waals surface area contributed by atoms with Gasteiger partial charge in [0.2, 0.25) is 0 Å². The molecule has 6 aromatic rings. The fourth-order valence-corrected chi connectivity index (χ4v) is 7.82. The summed E-state index contributed by atoms with van der Waals surface area (Å²) in [6.07, 6.45) is 5.77. The predicted octanol–water partition coefficient (Wildman–Crippen LogP) is 5.52. The Balaban J connectivity index is 1.07. The van der Waals surface area contributed by atoms with Gasteiger partial charge in [-0.3, -0.25) is 0 Å². The van der Waals surface area contributed by atoms with Gasteiger partial charge in [-0.1, -0.05) is 11.8 Å². The van der Waals surface area contributed by atoms with Gasteiger partial charge in [-0.15, -0.1) is 22.7 Å². The number of hydrogen-bond acceptors (Lipinski definition) is 13. The fourth-order valence-electron chi connectivity index (χ4n) is 5.44. The summed E-state index contributed by atoms with van der Waals surface area (Å²) in [7, 11) is 0. The maximum atomic E-state index is 4.96. The summed E-state index contributed by atoms with van der Waals surface area (Å²) in [5.74, 6) is 3.15. The van der Waals surface area contributed by atoms with Crippen molar-refractivity contribution in [3.8, 4) is 22.8 Å². The molecular weight excluding hydrogens is 597 g/mol. The Morgan fingerprint density at radius 1 is 0.674 bits per heavy atom. The van der Waals surface area contributed by atoms with E-state index in [1.54, 1.807) is 35.1 Å². The van der Waals surface area contributed by atoms with Crippen LogP contribution in [0.2, 0.25) is 0 Å². The van der Waals surface area contributed by atoms with Crippen LogP contribution in [0.4, 0.5) is 11.6 Å². The number of anilines is 2. The molecule has 0 radical (unpaired) electrons. The van der Waals surface area contributed by atoms with Crippen molar-refractivity contribution in [1.29, 1.82) is 0 Å². The molecule has 2 atom stereocenters. The van der Waals surface area contributed by atoms with Crippen LogP contribution in [0.5, 0.6) is 0 Å². The molecule has 2 fully saturated rings. The molecule has 4 N–H and O–H groups in total. The summed E-state index contributed by atoms with van der Waals surface area (Å²) in [6.45, 7) is 3.93. The molecule has 0 amide bonds. The van der Waals surface area contributed by atoms with E-state index in [-0.39, 0.29) is 0 Å². The summed E-state index contributed by atoms with van der Waals surface area (Å²) in [5.41, 5.74) is 3.73. The molecule has 6 aromatic heterocycles. The zero-order valence-corrected chi connectivity index (χ0v) is 25.5.